The van der Waals surface area contributed by atoms with E-state index in [1.807, 2.05) is 6.92 Å². The van der Waals surface area contributed by atoms with E-state index in [-0.39, 0.29) is 17.2 Å². The lowest BCUT2D eigenvalue weighted by molar-refractivity contribution is -0.116. The van der Waals surface area contributed by atoms with Crippen molar-refractivity contribution in [2.24, 2.45) is 0 Å². The van der Waals surface area contributed by atoms with Crippen LogP contribution in [0.25, 0.3) is 0 Å². The molecule has 1 aliphatic rings. The average Bonchev–Trinajstić information content (AvgIpc) is 3.01. The minimum atomic E-state index is -2.83. The lowest BCUT2D eigenvalue weighted by Gasteiger charge is -2.11. The predicted octanol–water partition coefficient (Wildman–Crippen LogP) is 2.41. The number of Topliss-reactive ketones (excluding diaryl/α,β-unsaturated/α-hetero) is 1. The van der Waals surface area contributed by atoms with Gasteiger partial charge in [0.15, 0.2) is 5.78 Å². The first kappa shape index (κ1) is 9.13. The average molecular weight is 282 g/mol. The molecule has 1 fully saturated rings. The van der Waals surface area contributed by atoms with Crippen LogP contribution in [0.4, 0.5) is 5.69 Å². The van der Waals surface area contributed by atoms with Crippen LogP contribution in [0.15, 0.2) is 18.2 Å². The first-order chi connectivity index (χ1) is 11.4. The van der Waals surface area contributed by atoms with Crippen molar-refractivity contribution in [1.82, 2.24) is 0 Å². The molecule has 1 heterocycles. The second kappa shape index (κ2) is 6.52. The minimum absolute atomic E-state index is 0.00276. The third-order valence-electron chi connectivity index (χ3n) is 2.58. The van der Waals surface area contributed by atoms with Gasteiger partial charge in [-0.3, -0.25) is 9.59 Å². The minimum Gasteiger partial charge on any atom is -0.490 e. The number of rotatable bonds is 7. The number of benzene rings is 1. The molecule has 2 rings (SSSR count). The normalized spacial score (nSPS) is 27.2. The zero-order valence-corrected chi connectivity index (χ0v) is 11.3. The molecule has 1 saturated heterocycles. The Hall–Kier alpha value is -1.88. The summed E-state index contributed by atoms with van der Waals surface area (Å²) in [4.78, 5) is 23.5. The Morgan fingerprint density at radius 3 is 3.00 bits per heavy atom. The second-order valence-electron chi connectivity index (χ2n) is 4.30. The summed E-state index contributed by atoms with van der Waals surface area (Å²) < 4.78 is 47.6. The van der Waals surface area contributed by atoms with E-state index in [1.54, 1.807) is 0 Å². The van der Waals surface area contributed by atoms with Crippen molar-refractivity contribution >= 4 is 17.4 Å². The van der Waals surface area contributed by atoms with Gasteiger partial charge in [0, 0.05) is 12.1 Å². The molecule has 1 atom stereocenters. The number of ketones is 1. The van der Waals surface area contributed by atoms with Crippen molar-refractivity contribution in [1.29, 1.82) is 0 Å². The summed E-state index contributed by atoms with van der Waals surface area (Å²) in [6.07, 6.45) is -1.54. The Bertz CT molecular complexity index is 709. The highest BCUT2D eigenvalue weighted by molar-refractivity contribution is 5.99. The molecule has 0 spiro atoms. The van der Waals surface area contributed by atoms with E-state index in [0.29, 0.717) is 18.5 Å². The maximum absolute atomic E-state index is 11.8. The van der Waals surface area contributed by atoms with Gasteiger partial charge in [-0.05, 0) is 31.5 Å². The molecule has 5 heteroatoms. The number of epoxide rings is 1. The van der Waals surface area contributed by atoms with Gasteiger partial charge in [-0.1, -0.05) is 6.92 Å². The van der Waals surface area contributed by atoms with Crippen LogP contribution >= 0.6 is 0 Å². The predicted molar refractivity (Wildman–Crippen MR) is 75.2 cm³/mol. The molecule has 1 aliphatic heterocycles. The lowest BCUT2D eigenvalue weighted by atomic mass is 10.1. The SMILES string of the molecule is [2H]C([2H])(Oc1ccc(NC(=O)CCC)cc1C(C)=O)C1([2H])OC1([2H])[2H]. The van der Waals surface area contributed by atoms with E-state index < -0.39 is 25.0 Å². The number of nitrogens with one attached hydrogen (secondary N) is 1. The van der Waals surface area contributed by atoms with Crippen LogP contribution in [0, 0.1) is 0 Å². The standard InChI is InChI=1S/C15H19NO4/c1-3-4-15(18)16-11-5-6-14(13(7-11)10(2)17)20-9-12-8-19-12/h5-7,12H,3-4,8-9H2,1-2H3,(H,16,18)/i8D2,9D2,12D. The fourth-order valence-electron chi connectivity index (χ4n) is 1.59. The quantitative estimate of drug-likeness (QED) is 0.616. The van der Waals surface area contributed by atoms with Crippen molar-refractivity contribution in [3.05, 3.63) is 23.8 Å². The van der Waals surface area contributed by atoms with Gasteiger partial charge in [0.2, 0.25) is 5.91 Å². The van der Waals surface area contributed by atoms with E-state index in [2.05, 4.69) is 10.1 Å². The molecule has 0 radical (unpaired) electrons. The summed E-state index contributed by atoms with van der Waals surface area (Å²) >= 11 is 0. The van der Waals surface area contributed by atoms with Gasteiger partial charge in [-0.25, -0.2) is 0 Å². The Morgan fingerprint density at radius 2 is 2.40 bits per heavy atom. The number of carbonyl (C=O) groups excluding carboxylic acids is 2. The summed E-state index contributed by atoms with van der Waals surface area (Å²) in [5.74, 6) is -0.814. The molecule has 1 aromatic carbocycles. The zero-order valence-electron chi connectivity index (χ0n) is 16.3. The number of hydrogen-bond donors (Lipinski definition) is 1. The second-order valence-corrected chi connectivity index (χ2v) is 4.30. The van der Waals surface area contributed by atoms with Gasteiger partial charge in [0.25, 0.3) is 0 Å². The summed E-state index contributed by atoms with van der Waals surface area (Å²) in [6.45, 7) is -2.21. The van der Waals surface area contributed by atoms with E-state index in [1.165, 1.54) is 25.1 Å². The largest absolute Gasteiger partial charge is 0.490 e. The molecule has 1 unspecified atom stereocenters. The Morgan fingerprint density at radius 1 is 1.65 bits per heavy atom. The summed E-state index contributed by atoms with van der Waals surface area (Å²) in [6, 6.07) is 4.07. The molecule has 5 nitrogen and oxygen atoms in total. The van der Waals surface area contributed by atoms with Crippen molar-refractivity contribution in [2.45, 2.75) is 32.8 Å². The third kappa shape index (κ3) is 4.06. The van der Waals surface area contributed by atoms with E-state index in [9.17, 15) is 9.59 Å². The molecule has 1 aromatic rings. The van der Waals surface area contributed by atoms with Crippen LogP contribution in [0.1, 0.15) is 43.9 Å². The smallest absolute Gasteiger partial charge is 0.224 e. The molecule has 0 saturated carbocycles. The van der Waals surface area contributed by atoms with Gasteiger partial charge < -0.3 is 14.8 Å². The molecule has 1 N–H and O–H groups in total. The van der Waals surface area contributed by atoms with Crippen LogP contribution in [-0.4, -0.2) is 30.9 Å². The van der Waals surface area contributed by atoms with Crippen LogP contribution in [0.2, 0.25) is 0 Å². The maximum Gasteiger partial charge on any atom is 0.224 e. The van der Waals surface area contributed by atoms with E-state index in [4.69, 9.17) is 11.6 Å². The van der Waals surface area contributed by atoms with Gasteiger partial charge >= 0.3 is 0 Å². The first-order valence-electron chi connectivity index (χ1n) is 8.77. The van der Waals surface area contributed by atoms with Crippen LogP contribution in [-0.2, 0) is 9.53 Å². The highest BCUT2D eigenvalue weighted by Gasteiger charge is 2.24. The first-order valence-corrected chi connectivity index (χ1v) is 6.27. The van der Waals surface area contributed by atoms with E-state index in [0.717, 1.165) is 0 Å². The van der Waals surface area contributed by atoms with Crippen molar-refractivity contribution in [2.75, 3.05) is 18.4 Å². The molecular formula is C15H19NO4. The number of anilines is 1. The molecule has 1 amide bonds. The lowest BCUT2D eigenvalue weighted by Crippen LogP contribution is -2.12. The fourth-order valence-corrected chi connectivity index (χ4v) is 1.59. The van der Waals surface area contributed by atoms with Gasteiger partial charge in [0.1, 0.15) is 18.4 Å². The molecule has 0 aliphatic carbocycles. The molecule has 0 bridgehead atoms. The molecular weight excluding hydrogens is 258 g/mol. The molecule has 20 heavy (non-hydrogen) atoms. The Balaban J connectivity index is 2.26. The van der Waals surface area contributed by atoms with E-state index >= 15 is 0 Å². The number of ether oxygens (including phenoxy) is 2. The Kier molecular flexibility index (Phi) is 2.98. The highest BCUT2D eigenvalue weighted by atomic mass is 16.6. The number of amides is 1. The number of hydrogen-bond acceptors (Lipinski definition) is 4. The van der Waals surface area contributed by atoms with Crippen LogP contribution in [0.5, 0.6) is 5.75 Å². The molecule has 0 aromatic heterocycles. The number of carbonyl (C=O) groups is 2. The van der Waals surface area contributed by atoms with Gasteiger partial charge in [0.05, 0.1) is 19.0 Å². The van der Waals surface area contributed by atoms with Crippen molar-refractivity contribution < 1.29 is 25.9 Å². The monoisotopic (exact) mass is 282 g/mol. The van der Waals surface area contributed by atoms with Gasteiger partial charge in [-0.2, -0.15) is 0 Å². The topological polar surface area (TPSA) is 67.9 Å². The highest BCUT2D eigenvalue weighted by Crippen LogP contribution is 2.25. The van der Waals surface area contributed by atoms with Crippen molar-refractivity contribution in [3.63, 3.8) is 0 Å². The fraction of sp³-hybridized carbons (Fsp3) is 0.467. The van der Waals surface area contributed by atoms with Crippen LogP contribution < -0.4 is 10.1 Å². The summed E-state index contributed by atoms with van der Waals surface area (Å²) in [7, 11) is 0. The zero-order chi connectivity index (χ0) is 19.0. The van der Waals surface area contributed by atoms with Crippen LogP contribution in [0.3, 0.4) is 0 Å². The third-order valence-corrected chi connectivity index (χ3v) is 2.58. The Labute approximate surface area is 125 Å². The molecule has 108 valence electrons. The summed E-state index contributed by atoms with van der Waals surface area (Å²) in [5.41, 5.74) is 0.359. The summed E-state index contributed by atoms with van der Waals surface area (Å²) in [5, 5.41) is 2.62. The van der Waals surface area contributed by atoms with Crippen molar-refractivity contribution in [3.8, 4) is 5.75 Å². The van der Waals surface area contributed by atoms with Gasteiger partial charge in [-0.15, -0.1) is 0 Å². The maximum atomic E-state index is 11.8.